The van der Waals surface area contributed by atoms with Crippen LogP contribution in [0, 0.1) is 10.1 Å². The number of pyridine rings is 1. The monoisotopic (exact) mass is 317 g/mol. The van der Waals surface area contributed by atoms with E-state index < -0.39 is 4.92 Å². The first-order chi connectivity index (χ1) is 10.6. The Kier molecular flexibility index (Phi) is 5.48. The summed E-state index contributed by atoms with van der Waals surface area (Å²) in [5.74, 6) is 0.135. The van der Waals surface area contributed by atoms with Crippen LogP contribution in [0.15, 0.2) is 53.6 Å². The fraction of sp³-hybridized carbons (Fsp3) is 0.200. The van der Waals surface area contributed by atoms with E-state index in [1.165, 1.54) is 23.9 Å². The SMILES string of the molecule is CC(NC(=O)CSc1ccc([N+](=O)[O-])cc1)c1ccccn1. The molecule has 2 aromatic rings. The Balaban J connectivity index is 1.83. The number of aromatic nitrogens is 1. The van der Waals surface area contributed by atoms with E-state index in [4.69, 9.17) is 0 Å². The average molecular weight is 317 g/mol. The molecular formula is C15H15N3O3S. The number of carbonyl (C=O) groups excluding carboxylic acids is 1. The molecule has 1 atom stereocenters. The van der Waals surface area contributed by atoms with Crippen molar-refractivity contribution < 1.29 is 9.72 Å². The summed E-state index contributed by atoms with van der Waals surface area (Å²) in [4.78, 5) is 27.0. The number of non-ortho nitro benzene ring substituents is 1. The number of nitrogens with one attached hydrogen (secondary N) is 1. The summed E-state index contributed by atoms with van der Waals surface area (Å²) >= 11 is 1.33. The number of nitro benzene ring substituents is 1. The third kappa shape index (κ3) is 4.56. The minimum absolute atomic E-state index is 0.0394. The van der Waals surface area contributed by atoms with E-state index >= 15 is 0 Å². The molecule has 0 aliphatic rings. The maximum Gasteiger partial charge on any atom is 0.269 e. The van der Waals surface area contributed by atoms with E-state index in [0.717, 1.165) is 10.6 Å². The van der Waals surface area contributed by atoms with Crippen LogP contribution in [0.3, 0.4) is 0 Å². The van der Waals surface area contributed by atoms with Gasteiger partial charge < -0.3 is 5.32 Å². The normalized spacial score (nSPS) is 11.7. The van der Waals surface area contributed by atoms with Crippen molar-refractivity contribution >= 4 is 23.4 Å². The van der Waals surface area contributed by atoms with Gasteiger partial charge in [-0.25, -0.2) is 0 Å². The van der Waals surface area contributed by atoms with Gasteiger partial charge in [0.2, 0.25) is 5.91 Å². The van der Waals surface area contributed by atoms with Gasteiger partial charge in [-0.05, 0) is 31.2 Å². The Morgan fingerprint density at radius 1 is 1.32 bits per heavy atom. The summed E-state index contributed by atoms with van der Waals surface area (Å²) < 4.78 is 0. The Hall–Kier alpha value is -2.41. The second-order valence-electron chi connectivity index (χ2n) is 4.58. The minimum atomic E-state index is -0.449. The highest BCUT2D eigenvalue weighted by atomic mass is 32.2. The molecule has 2 rings (SSSR count). The number of benzene rings is 1. The quantitative estimate of drug-likeness (QED) is 0.503. The van der Waals surface area contributed by atoms with Gasteiger partial charge in [0.25, 0.3) is 5.69 Å². The highest BCUT2D eigenvalue weighted by molar-refractivity contribution is 8.00. The summed E-state index contributed by atoms with van der Waals surface area (Å²) in [6.45, 7) is 1.87. The van der Waals surface area contributed by atoms with Crippen LogP contribution in [0.25, 0.3) is 0 Å². The maximum absolute atomic E-state index is 11.9. The first-order valence-electron chi connectivity index (χ1n) is 6.64. The molecule has 0 fully saturated rings. The lowest BCUT2D eigenvalue weighted by atomic mass is 10.2. The molecule has 6 nitrogen and oxygen atoms in total. The fourth-order valence-corrected chi connectivity index (χ4v) is 2.51. The molecule has 0 aliphatic heterocycles. The number of amides is 1. The molecule has 1 amide bonds. The second-order valence-corrected chi connectivity index (χ2v) is 5.63. The number of carbonyl (C=O) groups is 1. The summed E-state index contributed by atoms with van der Waals surface area (Å²) in [5, 5.41) is 13.4. The van der Waals surface area contributed by atoms with E-state index in [2.05, 4.69) is 10.3 Å². The van der Waals surface area contributed by atoms with E-state index in [-0.39, 0.29) is 23.4 Å². The first-order valence-corrected chi connectivity index (χ1v) is 7.62. The molecule has 1 aromatic carbocycles. The molecule has 1 unspecified atom stereocenters. The van der Waals surface area contributed by atoms with Gasteiger partial charge in [0.05, 0.1) is 22.4 Å². The molecule has 114 valence electrons. The molecule has 7 heteroatoms. The van der Waals surface area contributed by atoms with Crippen LogP contribution in [0.5, 0.6) is 0 Å². The van der Waals surface area contributed by atoms with Crippen molar-refractivity contribution in [3.63, 3.8) is 0 Å². The van der Waals surface area contributed by atoms with Crippen LogP contribution in [0.4, 0.5) is 5.69 Å². The highest BCUT2D eigenvalue weighted by Crippen LogP contribution is 2.21. The smallest absolute Gasteiger partial charge is 0.269 e. The average Bonchev–Trinajstić information content (AvgIpc) is 2.54. The Labute approximate surface area is 132 Å². The van der Waals surface area contributed by atoms with Crippen molar-refractivity contribution in [2.75, 3.05) is 5.75 Å². The topological polar surface area (TPSA) is 85.1 Å². The van der Waals surface area contributed by atoms with Gasteiger partial charge in [0, 0.05) is 23.2 Å². The van der Waals surface area contributed by atoms with Crippen molar-refractivity contribution in [1.29, 1.82) is 0 Å². The first kappa shape index (κ1) is 16.0. The lowest BCUT2D eigenvalue weighted by molar-refractivity contribution is -0.384. The summed E-state index contributed by atoms with van der Waals surface area (Å²) in [5.41, 5.74) is 0.841. The molecular weight excluding hydrogens is 302 g/mol. The van der Waals surface area contributed by atoms with Gasteiger partial charge in [-0.1, -0.05) is 6.07 Å². The molecule has 0 saturated heterocycles. The molecule has 1 aromatic heterocycles. The number of hydrogen-bond acceptors (Lipinski definition) is 5. The van der Waals surface area contributed by atoms with Gasteiger partial charge >= 0.3 is 0 Å². The van der Waals surface area contributed by atoms with E-state index in [0.29, 0.717) is 0 Å². The largest absolute Gasteiger partial charge is 0.347 e. The predicted octanol–water partition coefficient (Wildman–Crippen LogP) is 2.96. The number of nitrogens with zero attached hydrogens (tertiary/aromatic N) is 2. The van der Waals surface area contributed by atoms with E-state index in [1.54, 1.807) is 18.3 Å². The molecule has 0 spiro atoms. The third-order valence-corrected chi connectivity index (χ3v) is 3.94. The minimum Gasteiger partial charge on any atom is -0.347 e. The predicted molar refractivity (Wildman–Crippen MR) is 84.6 cm³/mol. The van der Waals surface area contributed by atoms with Crippen molar-refractivity contribution in [2.45, 2.75) is 17.9 Å². The van der Waals surface area contributed by atoms with Crippen LogP contribution in [0.1, 0.15) is 18.7 Å². The van der Waals surface area contributed by atoms with Crippen LogP contribution < -0.4 is 5.32 Å². The molecule has 0 saturated carbocycles. The molecule has 22 heavy (non-hydrogen) atoms. The van der Waals surface area contributed by atoms with Crippen LogP contribution in [0.2, 0.25) is 0 Å². The fourth-order valence-electron chi connectivity index (χ4n) is 1.80. The van der Waals surface area contributed by atoms with Gasteiger partial charge in [-0.3, -0.25) is 19.9 Å². The Morgan fingerprint density at radius 2 is 2.05 bits per heavy atom. The lowest BCUT2D eigenvalue weighted by Crippen LogP contribution is -2.28. The zero-order chi connectivity index (χ0) is 15.9. The standard InChI is InChI=1S/C15H15N3O3S/c1-11(14-4-2-3-9-16-14)17-15(19)10-22-13-7-5-12(6-8-13)18(20)21/h2-9,11H,10H2,1H3,(H,17,19). The molecule has 0 radical (unpaired) electrons. The van der Waals surface area contributed by atoms with Gasteiger partial charge in [-0.15, -0.1) is 11.8 Å². The Morgan fingerprint density at radius 3 is 2.64 bits per heavy atom. The summed E-state index contributed by atoms with van der Waals surface area (Å²) in [7, 11) is 0. The number of rotatable bonds is 6. The van der Waals surface area contributed by atoms with E-state index in [1.807, 2.05) is 25.1 Å². The van der Waals surface area contributed by atoms with Gasteiger partial charge in [0.1, 0.15) is 0 Å². The van der Waals surface area contributed by atoms with Crippen molar-refractivity contribution in [2.24, 2.45) is 0 Å². The lowest BCUT2D eigenvalue weighted by Gasteiger charge is -2.13. The van der Waals surface area contributed by atoms with Crippen LogP contribution in [-0.2, 0) is 4.79 Å². The summed E-state index contributed by atoms with van der Waals surface area (Å²) in [6.07, 6.45) is 1.68. The maximum atomic E-state index is 11.9. The number of hydrogen-bond donors (Lipinski definition) is 1. The molecule has 0 bridgehead atoms. The van der Waals surface area contributed by atoms with Crippen molar-refractivity contribution in [3.8, 4) is 0 Å². The third-order valence-electron chi connectivity index (χ3n) is 2.93. The zero-order valence-corrected chi connectivity index (χ0v) is 12.7. The Bertz CT molecular complexity index is 647. The van der Waals surface area contributed by atoms with Gasteiger partial charge in [0.15, 0.2) is 0 Å². The van der Waals surface area contributed by atoms with Gasteiger partial charge in [-0.2, -0.15) is 0 Å². The second kappa shape index (κ2) is 7.56. The van der Waals surface area contributed by atoms with Crippen LogP contribution >= 0.6 is 11.8 Å². The van der Waals surface area contributed by atoms with Crippen LogP contribution in [-0.4, -0.2) is 21.6 Å². The number of thioether (sulfide) groups is 1. The van der Waals surface area contributed by atoms with E-state index in [9.17, 15) is 14.9 Å². The molecule has 1 N–H and O–H groups in total. The molecule has 0 aliphatic carbocycles. The number of nitro groups is 1. The zero-order valence-electron chi connectivity index (χ0n) is 11.9. The van der Waals surface area contributed by atoms with Crippen molar-refractivity contribution in [1.82, 2.24) is 10.3 Å². The van der Waals surface area contributed by atoms with Crippen molar-refractivity contribution in [3.05, 3.63) is 64.5 Å². The summed E-state index contributed by atoms with van der Waals surface area (Å²) in [6, 6.07) is 11.5. The highest BCUT2D eigenvalue weighted by Gasteiger charge is 2.11. The molecule has 1 heterocycles.